The first-order valence-corrected chi connectivity index (χ1v) is 12.3. The Morgan fingerprint density at radius 1 is 1.03 bits per heavy atom. The lowest BCUT2D eigenvalue weighted by atomic mass is 9.89. The van der Waals surface area contributed by atoms with Gasteiger partial charge in [-0.05, 0) is 35.1 Å². The van der Waals surface area contributed by atoms with Gasteiger partial charge < -0.3 is 24.8 Å². The Morgan fingerprint density at radius 3 is 2.37 bits per heavy atom. The van der Waals surface area contributed by atoms with Gasteiger partial charge in [0.25, 0.3) is 0 Å². The molecule has 35 heavy (non-hydrogen) atoms. The van der Waals surface area contributed by atoms with Crippen molar-refractivity contribution in [3.8, 4) is 11.1 Å². The average molecular weight is 479 g/mol. The van der Waals surface area contributed by atoms with Crippen molar-refractivity contribution < 1.29 is 29.0 Å². The predicted octanol–water partition coefficient (Wildman–Crippen LogP) is 3.54. The van der Waals surface area contributed by atoms with Crippen LogP contribution in [0.1, 0.15) is 49.1 Å². The Bertz CT molecular complexity index is 1070. The van der Waals surface area contributed by atoms with Gasteiger partial charge in [-0.3, -0.25) is 9.59 Å². The van der Waals surface area contributed by atoms with E-state index < -0.39 is 24.5 Å². The Labute approximate surface area is 204 Å². The summed E-state index contributed by atoms with van der Waals surface area (Å²) in [7, 11) is 0. The first kappa shape index (κ1) is 23.4. The standard InChI is InChI=1S/C27H30N2O6/c30-25(31)15-22(26(32)29-13-14-34-24-12-6-5-11-23(24)29)28-27(33)35-16-21-19-9-3-1-7-17(19)18-8-2-4-10-20(18)21/h1-4,7-10,21-24H,5-6,11-16H2,(H,28,33)(H,30,31). The molecule has 3 atom stereocenters. The van der Waals surface area contributed by atoms with Crippen molar-refractivity contribution >= 4 is 18.0 Å². The number of ether oxygens (including phenoxy) is 2. The smallest absolute Gasteiger partial charge is 0.407 e. The lowest BCUT2D eigenvalue weighted by Crippen LogP contribution is -2.59. The Balaban J connectivity index is 1.27. The molecule has 8 nitrogen and oxygen atoms in total. The molecule has 1 heterocycles. The quantitative estimate of drug-likeness (QED) is 0.658. The van der Waals surface area contributed by atoms with Gasteiger partial charge >= 0.3 is 12.1 Å². The number of carboxylic acids is 1. The summed E-state index contributed by atoms with van der Waals surface area (Å²) in [6, 6.07) is 14.8. The van der Waals surface area contributed by atoms with E-state index in [0.717, 1.165) is 47.9 Å². The van der Waals surface area contributed by atoms with Crippen LogP contribution in [0.5, 0.6) is 0 Å². The molecule has 184 valence electrons. The van der Waals surface area contributed by atoms with Crippen LogP contribution in [-0.4, -0.2) is 65.9 Å². The zero-order valence-electron chi connectivity index (χ0n) is 19.5. The van der Waals surface area contributed by atoms with Crippen molar-refractivity contribution in [1.82, 2.24) is 10.2 Å². The second-order valence-corrected chi connectivity index (χ2v) is 9.41. The fourth-order valence-electron chi connectivity index (χ4n) is 5.73. The summed E-state index contributed by atoms with van der Waals surface area (Å²) in [5.74, 6) is -1.67. The number of morpholine rings is 1. The van der Waals surface area contributed by atoms with Gasteiger partial charge in [0.1, 0.15) is 12.6 Å². The Kier molecular flexibility index (Phi) is 6.72. The van der Waals surface area contributed by atoms with E-state index in [-0.39, 0.29) is 30.6 Å². The monoisotopic (exact) mass is 478 g/mol. The fourth-order valence-corrected chi connectivity index (χ4v) is 5.73. The summed E-state index contributed by atoms with van der Waals surface area (Å²) >= 11 is 0. The maximum Gasteiger partial charge on any atom is 0.407 e. The van der Waals surface area contributed by atoms with Gasteiger partial charge in [0.05, 0.1) is 25.2 Å². The number of benzene rings is 2. The zero-order valence-corrected chi connectivity index (χ0v) is 19.5. The van der Waals surface area contributed by atoms with E-state index in [2.05, 4.69) is 17.4 Å². The van der Waals surface area contributed by atoms with Gasteiger partial charge in [-0.25, -0.2) is 4.79 Å². The third-order valence-electron chi connectivity index (χ3n) is 7.33. The number of rotatable bonds is 6. The first-order chi connectivity index (χ1) is 17.0. The number of nitrogens with one attached hydrogen (secondary N) is 1. The highest BCUT2D eigenvalue weighted by Crippen LogP contribution is 2.44. The average Bonchev–Trinajstić information content (AvgIpc) is 3.20. The number of fused-ring (bicyclic) bond motifs is 4. The minimum Gasteiger partial charge on any atom is -0.481 e. The maximum atomic E-state index is 13.3. The van der Waals surface area contributed by atoms with Gasteiger partial charge in [0.2, 0.25) is 5.91 Å². The summed E-state index contributed by atoms with van der Waals surface area (Å²) in [6.07, 6.45) is 2.44. The number of hydrogen-bond donors (Lipinski definition) is 2. The first-order valence-electron chi connectivity index (χ1n) is 12.3. The van der Waals surface area contributed by atoms with Crippen molar-refractivity contribution in [1.29, 1.82) is 0 Å². The number of amides is 2. The van der Waals surface area contributed by atoms with E-state index >= 15 is 0 Å². The highest BCUT2D eigenvalue weighted by Gasteiger charge is 2.40. The number of carbonyl (C=O) groups is 3. The summed E-state index contributed by atoms with van der Waals surface area (Å²) in [6.45, 7) is 0.899. The van der Waals surface area contributed by atoms with Gasteiger partial charge in [-0.1, -0.05) is 61.4 Å². The molecule has 3 aliphatic rings. The normalized spacial score (nSPS) is 21.9. The minimum absolute atomic E-state index is 0.0265. The van der Waals surface area contributed by atoms with Crippen LogP contribution >= 0.6 is 0 Å². The largest absolute Gasteiger partial charge is 0.481 e. The second-order valence-electron chi connectivity index (χ2n) is 9.41. The lowest BCUT2D eigenvalue weighted by molar-refractivity contribution is -0.154. The third kappa shape index (κ3) is 4.75. The fraction of sp³-hybridized carbons (Fsp3) is 0.444. The molecule has 0 bridgehead atoms. The summed E-state index contributed by atoms with van der Waals surface area (Å²) in [5, 5.41) is 11.9. The van der Waals surface area contributed by atoms with E-state index in [0.29, 0.717) is 13.2 Å². The summed E-state index contributed by atoms with van der Waals surface area (Å²) in [4.78, 5) is 39.3. The number of alkyl carbamates (subject to hydrolysis) is 1. The Hall–Kier alpha value is -3.39. The molecule has 0 aromatic heterocycles. The van der Waals surface area contributed by atoms with E-state index in [4.69, 9.17) is 9.47 Å². The molecule has 3 unspecified atom stereocenters. The van der Waals surface area contributed by atoms with E-state index in [1.165, 1.54) is 0 Å². The molecule has 5 rings (SSSR count). The van der Waals surface area contributed by atoms with E-state index in [9.17, 15) is 19.5 Å². The predicted molar refractivity (Wildman–Crippen MR) is 128 cm³/mol. The van der Waals surface area contributed by atoms with Crippen LogP contribution in [0.15, 0.2) is 48.5 Å². The highest BCUT2D eigenvalue weighted by atomic mass is 16.5. The van der Waals surface area contributed by atoms with Crippen molar-refractivity contribution in [2.45, 2.75) is 56.2 Å². The molecule has 0 spiro atoms. The highest BCUT2D eigenvalue weighted by molar-refractivity contribution is 5.89. The molecule has 8 heteroatoms. The maximum absolute atomic E-state index is 13.3. The van der Waals surface area contributed by atoms with Crippen molar-refractivity contribution in [2.75, 3.05) is 19.8 Å². The molecule has 1 saturated carbocycles. The van der Waals surface area contributed by atoms with Crippen LogP contribution < -0.4 is 5.32 Å². The molecule has 1 aliphatic heterocycles. The van der Waals surface area contributed by atoms with Gasteiger partial charge in [-0.2, -0.15) is 0 Å². The number of carbonyl (C=O) groups excluding carboxylic acids is 2. The molecular formula is C27H30N2O6. The van der Waals surface area contributed by atoms with Gasteiger partial charge in [0, 0.05) is 12.5 Å². The summed E-state index contributed by atoms with van der Waals surface area (Å²) < 4.78 is 11.4. The molecular weight excluding hydrogens is 448 g/mol. The number of carboxylic acid groups (broad SMARTS) is 1. The van der Waals surface area contributed by atoms with Crippen molar-refractivity contribution in [2.24, 2.45) is 0 Å². The number of hydrogen-bond acceptors (Lipinski definition) is 5. The van der Waals surface area contributed by atoms with Crippen LogP contribution in [0.3, 0.4) is 0 Å². The van der Waals surface area contributed by atoms with Crippen LogP contribution in [0.25, 0.3) is 11.1 Å². The van der Waals surface area contributed by atoms with Gasteiger partial charge in [0.15, 0.2) is 0 Å². The SMILES string of the molecule is O=C(O)CC(NC(=O)OCC1c2ccccc2-c2ccccc21)C(=O)N1CCOC2CCCCC21. The molecule has 2 aliphatic carbocycles. The zero-order chi connectivity index (χ0) is 24.4. The summed E-state index contributed by atoms with van der Waals surface area (Å²) in [5.41, 5.74) is 4.39. The molecule has 1 saturated heterocycles. The van der Waals surface area contributed by atoms with Crippen molar-refractivity contribution in [3.63, 3.8) is 0 Å². The van der Waals surface area contributed by atoms with E-state index in [1.54, 1.807) is 4.90 Å². The molecule has 2 N–H and O–H groups in total. The van der Waals surface area contributed by atoms with Gasteiger partial charge in [-0.15, -0.1) is 0 Å². The van der Waals surface area contributed by atoms with E-state index in [1.807, 2.05) is 36.4 Å². The topological polar surface area (TPSA) is 105 Å². The third-order valence-corrected chi connectivity index (χ3v) is 7.33. The van der Waals surface area contributed by atoms with Crippen LogP contribution in [0.4, 0.5) is 4.79 Å². The second kappa shape index (κ2) is 10.1. The number of nitrogens with zero attached hydrogens (tertiary/aromatic N) is 1. The van der Waals surface area contributed by atoms with Crippen molar-refractivity contribution in [3.05, 3.63) is 59.7 Å². The van der Waals surface area contributed by atoms with Crippen LogP contribution in [-0.2, 0) is 19.1 Å². The molecule has 0 radical (unpaired) electrons. The Morgan fingerprint density at radius 2 is 1.69 bits per heavy atom. The van der Waals surface area contributed by atoms with Crippen LogP contribution in [0, 0.1) is 0 Å². The lowest BCUT2D eigenvalue weighted by Gasteiger charge is -2.44. The molecule has 2 aromatic carbocycles. The number of aliphatic carboxylic acids is 1. The molecule has 2 amide bonds. The van der Waals surface area contributed by atoms with Crippen LogP contribution in [0.2, 0.25) is 0 Å². The minimum atomic E-state index is -1.19. The molecule has 2 aromatic rings. The molecule has 2 fully saturated rings.